The van der Waals surface area contributed by atoms with Gasteiger partial charge in [0, 0.05) is 0 Å². The highest BCUT2D eigenvalue weighted by atomic mass is 127. The summed E-state index contributed by atoms with van der Waals surface area (Å²) in [6.07, 6.45) is 0.473. The van der Waals surface area contributed by atoms with Crippen LogP contribution in [0.25, 0.3) is 0 Å². The fourth-order valence-corrected chi connectivity index (χ4v) is 2.05. The maximum atomic E-state index is 12.2. The van der Waals surface area contributed by atoms with E-state index in [1.165, 1.54) is 18.6 Å². The molecule has 0 radical (unpaired) electrons. The van der Waals surface area contributed by atoms with Gasteiger partial charge in [-0.1, -0.05) is 29.5 Å². The first kappa shape index (κ1) is 19.9. The lowest BCUT2D eigenvalue weighted by molar-refractivity contribution is -0.147. The van der Waals surface area contributed by atoms with Gasteiger partial charge < -0.3 is 4.74 Å². The van der Waals surface area contributed by atoms with Crippen molar-refractivity contribution in [2.45, 2.75) is 48.6 Å². The van der Waals surface area contributed by atoms with E-state index >= 15 is 0 Å². The maximum Gasteiger partial charge on any atom is 0.511 e. The second-order valence-electron chi connectivity index (χ2n) is 5.06. The average molecular weight is 431 g/mol. The fraction of sp³-hybridized carbons (Fsp3) is 0.900. The maximum absolute atomic E-state index is 12.2. The molecule has 120 valence electrons. The third-order valence-electron chi connectivity index (χ3n) is 2.37. The lowest BCUT2D eigenvalue weighted by Crippen LogP contribution is -2.52. The van der Waals surface area contributed by atoms with Crippen LogP contribution in [0.5, 0.6) is 0 Å². The van der Waals surface area contributed by atoms with Crippen molar-refractivity contribution in [1.82, 2.24) is 4.72 Å². The summed E-state index contributed by atoms with van der Waals surface area (Å²) in [5, 5.41) is 0. The Bertz CT molecular complexity index is 460. The van der Waals surface area contributed by atoms with Crippen molar-refractivity contribution in [3.8, 4) is 0 Å². The van der Waals surface area contributed by atoms with E-state index in [0.29, 0.717) is 6.42 Å². The number of carbonyl (C=O) groups excluding carboxylic acids is 1. The van der Waals surface area contributed by atoms with Gasteiger partial charge in [-0.3, -0.25) is 4.79 Å². The Kier molecular flexibility index (Phi) is 6.31. The normalized spacial score (nSPS) is 16.6. The molecule has 0 bridgehead atoms. The molecule has 0 saturated carbocycles. The zero-order valence-corrected chi connectivity index (χ0v) is 14.4. The van der Waals surface area contributed by atoms with Crippen LogP contribution in [-0.2, 0) is 19.6 Å². The number of ether oxygens (including phenoxy) is 1. The molecule has 0 amide bonds. The summed E-state index contributed by atoms with van der Waals surface area (Å²) in [4.78, 5) is 11.7. The Hall–Kier alpha value is -0.100. The Labute approximate surface area is 129 Å². The van der Waals surface area contributed by atoms with Crippen molar-refractivity contribution in [2.24, 2.45) is 0 Å². The summed E-state index contributed by atoms with van der Waals surface area (Å²) in [5.74, 6) is -0.611. The van der Waals surface area contributed by atoms with Gasteiger partial charge >= 0.3 is 21.5 Å². The second kappa shape index (κ2) is 6.34. The van der Waals surface area contributed by atoms with Gasteiger partial charge in [0.1, 0.15) is 10.0 Å². The Morgan fingerprint density at radius 1 is 1.25 bits per heavy atom. The van der Waals surface area contributed by atoms with E-state index in [-0.39, 0.29) is 0 Å². The Morgan fingerprint density at radius 3 is 2.05 bits per heavy atom. The predicted molar refractivity (Wildman–Crippen MR) is 75.9 cm³/mol. The molecule has 1 N–H and O–H groups in total. The van der Waals surface area contributed by atoms with Crippen LogP contribution in [0.2, 0.25) is 0 Å². The number of nitrogens with one attached hydrogen (secondary N) is 1. The molecule has 5 nitrogen and oxygen atoms in total. The predicted octanol–water partition coefficient (Wildman–Crippen LogP) is 2.35. The second-order valence-corrected chi connectivity index (χ2v) is 9.12. The lowest BCUT2D eigenvalue weighted by Gasteiger charge is -2.28. The molecule has 0 spiro atoms. The first-order valence-electron chi connectivity index (χ1n) is 5.61. The minimum atomic E-state index is -5.49. The molecule has 0 rings (SSSR count). The van der Waals surface area contributed by atoms with Gasteiger partial charge in [0.05, 0.1) is 5.54 Å². The molecule has 1 atom stereocenters. The SMILES string of the molecule is CCC(C)(I)C(=O)OCC(C)(C)NS(=O)(=O)C(F)(F)F. The highest BCUT2D eigenvalue weighted by Crippen LogP contribution is 2.26. The average Bonchev–Trinajstić information content (AvgIpc) is 2.22. The van der Waals surface area contributed by atoms with Crippen LogP contribution in [0.15, 0.2) is 0 Å². The molecule has 0 aromatic rings. The highest BCUT2D eigenvalue weighted by Gasteiger charge is 2.48. The zero-order valence-electron chi connectivity index (χ0n) is 11.5. The third kappa shape index (κ3) is 5.72. The summed E-state index contributed by atoms with van der Waals surface area (Å²) < 4.78 is 64.3. The number of hydrogen-bond acceptors (Lipinski definition) is 4. The first-order valence-corrected chi connectivity index (χ1v) is 8.17. The monoisotopic (exact) mass is 431 g/mol. The molecule has 0 aliphatic carbocycles. The molecule has 0 saturated heterocycles. The van der Waals surface area contributed by atoms with E-state index in [1.807, 2.05) is 22.6 Å². The Balaban J connectivity index is 4.76. The van der Waals surface area contributed by atoms with E-state index in [0.717, 1.165) is 0 Å². The van der Waals surface area contributed by atoms with Crippen molar-refractivity contribution in [3.63, 3.8) is 0 Å². The fourth-order valence-electron chi connectivity index (χ4n) is 0.992. The van der Waals surface area contributed by atoms with Crippen LogP contribution in [0, 0.1) is 0 Å². The first-order chi connectivity index (χ1) is 8.65. The zero-order chi connectivity index (χ0) is 16.4. The molecule has 10 heteroatoms. The molecule has 1 unspecified atom stereocenters. The van der Waals surface area contributed by atoms with E-state index in [1.54, 1.807) is 13.8 Å². The Morgan fingerprint density at radius 2 is 1.70 bits per heavy atom. The number of rotatable bonds is 6. The molecular formula is C10H17F3INO4S. The molecule has 0 heterocycles. The van der Waals surface area contributed by atoms with Crippen LogP contribution in [0.3, 0.4) is 0 Å². The lowest BCUT2D eigenvalue weighted by atomic mass is 10.1. The smallest absolute Gasteiger partial charge is 0.463 e. The summed E-state index contributed by atoms with van der Waals surface area (Å²) in [5.41, 5.74) is -6.97. The van der Waals surface area contributed by atoms with Gasteiger partial charge in [-0.25, -0.2) is 8.42 Å². The van der Waals surface area contributed by atoms with Crippen LogP contribution < -0.4 is 4.72 Å². The minimum absolute atomic E-state index is 0.473. The van der Waals surface area contributed by atoms with Gasteiger partial charge in [-0.05, 0) is 27.2 Å². The van der Waals surface area contributed by atoms with Crippen LogP contribution in [-0.4, -0.2) is 35.5 Å². The van der Waals surface area contributed by atoms with Gasteiger partial charge in [0.25, 0.3) is 0 Å². The largest absolute Gasteiger partial charge is 0.511 e. The number of hydrogen-bond donors (Lipinski definition) is 1. The van der Waals surface area contributed by atoms with Gasteiger partial charge in [0.15, 0.2) is 0 Å². The number of esters is 1. The van der Waals surface area contributed by atoms with Gasteiger partial charge in [-0.15, -0.1) is 0 Å². The summed E-state index contributed by atoms with van der Waals surface area (Å²) in [7, 11) is -5.49. The topological polar surface area (TPSA) is 72.5 Å². The van der Waals surface area contributed by atoms with Crippen molar-refractivity contribution in [2.75, 3.05) is 6.61 Å². The van der Waals surface area contributed by atoms with Crippen molar-refractivity contribution in [1.29, 1.82) is 0 Å². The van der Waals surface area contributed by atoms with Crippen molar-refractivity contribution >= 4 is 38.6 Å². The van der Waals surface area contributed by atoms with Crippen LogP contribution in [0.4, 0.5) is 13.2 Å². The summed E-state index contributed by atoms with van der Waals surface area (Å²) >= 11 is 1.87. The molecule has 0 aromatic heterocycles. The molecule has 0 aliphatic heterocycles. The van der Waals surface area contributed by atoms with E-state index in [2.05, 4.69) is 0 Å². The standard InChI is InChI=1S/C10H17F3INO4S/c1-5-9(4,14)7(16)19-6-8(2,3)15-20(17,18)10(11,12)13/h15H,5-6H2,1-4H3. The highest BCUT2D eigenvalue weighted by molar-refractivity contribution is 14.1. The van der Waals surface area contributed by atoms with Gasteiger partial charge in [0.2, 0.25) is 0 Å². The summed E-state index contributed by atoms with van der Waals surface area (Å²) in [6.45, 7) is 5.26. The van der Waals surface area contributed by atoms with Crippen LogP contribution >= 0.6 is 22.6 Å². The molecular weight excluding hydrogens is 414 g/mol. The number of sulfonamides is 1. The molecule has 0 aliphatic rings. The van der Waals surface area contributed by atoms with E-state index < -0.39 is 37.1 Å². The third-order valence-corrected chi connectivity index (χ3v) is 5.00. The number of halogens is 4. The van der Waals surface area contributed by atoms with Crippen LogP contribution in [0.1, 0.15) is 34.1 Å². The van der Waals surface area contributed by atoms with Gasteiger partial charge in [-0.2, -0.15) is 17.9 Å². The molecule has 0 fully saturated rings. The minimum Gasteiger partial charge on any atom is -0.463 e. The van der Waals surface area contributed by atoms with Crippen molar-refractivity contribution < 1.29 is 31.1 Å². The molecule has 20 heavy (non-hydrogen) atoms. The number of carbonyl (C=O) groups is 1. The van der Waals surface area contributed by atoms with Crippen molar-refractivity contribution in [3.05, 3.63) is 0 Å². The van der Waals surface area contributed by atoms with E-state index in [4.69, 9.17) is 4.74 Å². The number of alkyl halides is 4. The summed E-state index contributed by atoms with van der Waals surface area (Å²) in [6, 6.07) is 0. The quantitative estimate of drug-likeness (QED) is 0.398. The molecule has 0 aromatic carbocycles. The van der Waals surface area contributed by atoms with E-state index in [9.17, 15) is 26.4 Å².